The van der Waals surface area contributed by atoms with E-state index in [4.69, 9.17) is 0 Å². The van der Waals surface area contributed by atoms with Gasteiger partial charge in [-0.1, -0.05) is 141 Å². The van der Waals surface area contributed by atoms with Crippen molar-refractivity contribution in [3.63, 3.8) is 0 Å². The minimum Gasteiger partial charge on any atom is -0.298 e. The van der Waals surface area contributed by atoms with Crippen molar-refractivity contribution in [2.45, 2.75) is 38.3 Å². The first-order chi connectivity index (χ1) is 18.0. The average molecular weight is 488 g/mol. The smallest absolute Gasteiger partial charge is 0.150 e. The van der Waals surface area contributed by atoms with Gasteiger partial charge >= 0.3 is 0 Å². The zero-order valence-electron chi connectivity index (χ0n) is 21.9. The van der Waals surface area contributed by atoms with Crippen molar-refractivity contribution >= 4 is 5.78 Å². The number of hydrogen-bond acceptors (Lipinski definition) is 2. The molecular weight excluding hydrogens is 450 g/mol. The fourth-order valence-corrected chi connectivity index (χ4v) is 5.21. The molecule has 4 aromatic carbocycles. The second-order valence-corrected chi connectivity index (χ2v) is 10.1. The Kier molecular flexibility index (Phi) is 8.87. The molecule has 0 spiro atoms. The lowest BCUT2D eigenvalue weighted by Crippen LogP contribution is -2.54. The molecule has 0 unspecified atom stereocenters. The van der Waals surface area contributed by atoms with E-state index in [1.54, 1.807) is 0 Å². The molecule has 0 aliphatic rings. The Morgan fingerprint density at radius 2 is 1.14 bits per heavy atom. The largest absolute Gasteiger partial charge is 0.298 e. The highest BCUT2D eigenvalue weighted by molar-refractivity contribution is 5.85. The SMILES string of the molecule is C=C[C@@H](CC(=O)[C@@H](NC(c1ccccc1)(c1ccccc1)c1ccccc1)C(C)C)Cc1ccccc1. The quantitative estimate of drug-likeness (QED) is 0.165. The Labute approximate surface area is 222 Å². The number of allylic oxidation sites excluding steroid dienone is 1. The summed E-state index contributed by atoms with van der Waals surface area (Å²) < 4.78 is 0. The number of rotatable bonds is 12. The maximum absolute atomic E-state index is 14.0. The number of carbonyl (C=O) groups is 1. The third-order valence-electron chi connectivity index (χ3n) is 7.14. The van der Waals surface area contributed by atoms with Crippen LogP contribution in [-0.4, -0.2) is 11.8 Å². The minimum absolute atomic E-state index is 0.0810. The first-order valence-electron chi connectivity index (χ1n) is 13.2. The maximum atomic E-state index is 14.0. The van der Waals surface area contributed by atoms with Gasteiger partial charge in [0.25, 0.3) is 0 Å². The van der Waals surface area contributed by atoms with E-state index in [9.17, 15) is 4.79 Å². The third-order valence-corrected chi connectivity index (χ3v) is 7.14. The van der Waals surface area contributed by atoms with E-state index in [0.29, 0.717) is 6.42 Å². The molecule has 0 saturated heterocycles. The summed E-state index contributed by atoms with van der Waals surface area (Å²) in [7, 11) is 0. The lowest BCUT2D eigenvalue weighted by molar-refractivity contribution is -0.123. The van der Waals surface area contributed by atoms with E-state index < -0.39 is 5.54 Å². The summed E-state index contributed by atoms with van der Waals surface area (Å²) in [5.41, 5.74) is 3.86. The maximum Gasteiger partial charge on any atom is 0.150 e. The predicted octanol–water partition coefficient (Wildman–Crippen LogP) is 7.60. The average Bonchev–Trinajstić information content (AvgIpc) is 2.95. The molecule has 0 amide bonds. The van der Waals surface area contributed by atoms with Crippen molar-refractivity contribution in [3.8, 4) is 0 Å². The van der Waals surface area contributed by atoms with Crippen molar-refractivity contribution in [2.24, 2.45) is 11.8 Å². The Morgan fingerprint density at radius 3 is 1.51 bits per heavy atom. The third kappa shape index (κ3) is 6.15. The number of ketones is 1. The van der Waals surface area contributed by atoms with E-state index in [0.717, 1.165) is 23.1 Å². The second kappa shape index (κ2) is 12.5. The van der Waals surface area contributed by atoms with Crippen LogP contribution in [0.3, 0.4) is 0 Å². The van der Waals surface area contributed by atoms with Crippen molar-refractivity contribution in [3.05, 3.63) is 156 Å². The standard InChI is InChI=1S/C35H37NO/c1-4-28(25-29-17-9-5-10-18-29)26-33(37)34(27(2)3)36-35(30-19-11-6-12-20-30,31-21-13-7-14-22-31)32-23-15-8-16-24-32/h4-24,27-28,34,36H,1,25-26H2,2-3H3/t28-,34+/m1/s1. The second-order valence-electron chi connectivity index (χ2n) is 10.1. The van der Waals surface area contributed by atoms with Gasteiger partial charge in [0.15, 0.2) is 5.78 Å². The van der Waals surface area contributed by atoms with Crippen LogP contribution in [-0.2, 0) is 16.8 Å². The monoisotopic (exact) mass is 487 g/mol. The molecule has 2 heteroatoms. The molecule has 188 valence electrons. The van der Waals surface area contributed by atoms with E-state index in [1.807, 2.05) is 42.5 Å². The van der Waals surface area contributed by atoms with Gasteiger partial charge in [0.1, 0.15) is 0 Å². The van der Waals surface area contributed by atoms with Crippen LogP contribution in [0.2, 0.25) is 0 Å². The number of Topliss-reactive ketones (excluding diaryl/α,β-unsaturated/α-hetero) is 1. The van der Waals surface area contributed by atoms with Crippen molar-refractivity contribution in [2.75, 3.05) is 0 Å². The summed E-state index contributed by atoms with van der Waals surface area (Å²) in [6, 6.07) is 41.4. The summed E-state index contributed by atoms with van der Waals surface area (Å²) >= 11 is 0. The highest BCUT2D eigenvalue weighted by Gasteiger charge is 2.40. The van der Waals surface area contributed by atoms with E-state index in [-0.39, 0.29) is 23.7 Å². The van der Waals surface area contributed by atoms with Crippen LogP contribution < -0.4 is 5.32 Å². The molecule has 0 aromatic heterocycles. The Balaban J connectivity index is 1.75. The molecule has 2 nitrogen and oxygen atoms in total. The highest BCUT2D eigenvalue weighted by Crippen LogP contribution is 2.38. The summed E-state index contributed by atoms with van der Waals surface area (Å²) in [5, 5.41) is 3.93. The molecule has 4 aromatic rings. The van der Waals surface area contributed by atoms with Crippen LogP contribution in [0.4, 0.5) is 0 Å². The molecule has 0 bridgehead atoms. The molecule has 4 rings (SSSR count). The number of carbonyl (C=O) groups excluding carboxylic acids is 1. The van der Waals surface area contributed by atoms with Gasteiger partial charge in [0.05, 0.1) is 11.6 Å². The van der Waals surface area contributed by atoms with Crippen LogP contribution in [0.25, 0.3) is 0 Å². The fraction of sp³-hybridized carbons (Fsp3) is 0.229. The number of benzene rings is 4. The van der Waals surface area contributed by atoms with Crippen molar-refractivity contribution in [1.29, 1.82) is 0 Å². The summed E-state index contributed by atoms with van der Waals surface area (Å²) in [5.74, 6) is 0.394. The molecule has 0 heterocycles. The summed E-state index contributed by atoms with van der Waals surface area (Å²) in [6.45, 7) is 8.31. The van der Waals surface area contributed by atoms with Crippen LogP contribution in [0.5, 0.6) is 0 Å². The van der Waals surface area contributed by atoms with Crippen LogP contribution in [0.1, 0.15) is 42.5 Å². The topological polar surface area (TPSA) is 29.1 Å². The molecule has 2 atom stereocenters. The Hall–Kier alpha value is -3.75. The molecule has 0 aliphatic heterocycles. The first-order valence-corrected chi connectivity index (χ1v) is 13.2. The van der Waals surface area contributed by atoms with E-state index in [1.165, 1.54) is 5.56 Å². The lowest BCUT2D eigenvalue weighted by Gasteiger charge is -2.41. The Bertz CT molecular complexity index is 1150. The van der Waals surface area contributed by atoms with Gasteiger partial charge < -0.3 is 0 Å². The summed E-state index contributed by atoms with van der Waals surface area (Å²) in [4.78, 5) is 14.0. The molecule has 0 saturated carbocycles. The molecular formula is C35H37NO. The molecule has 1 N–H and O–H groups in total. The van der Waals surface area contributed by atoms with Crippen LogP contribution in [0, 0.1) is 11.8 Å². The van der Waals surface area contributed by atoms with Gasteiger partial charge in [-0.3, -0.25) is 10.1 Å². The van der Waals surface area contributed by atoms with Crippen LogP contribution in [0.15, 0.2) is 134 Å². The van der Waals surface area contributed by atoms with E-state index in [2.05, 4.69) is 111 Å². The zero-order chi connectivity index (χ0) is 26.1. The fourth-order valence-electron chi connectivity index (χ4n) is 5.21. The molecule has 0 fully saturated rings. The molecule has 0 aliphatic carbocycles. The highest BCUT2D eigenvalue weighted by atomic mass is 16.1. The van der Waals surface area contributed by atoms with Crippen molar-refractivity contribution < 1.29 is 4.79 Å². The van der Waals surface area contributed by atoms with Crippen molar-refractivity contribution in [1.82, 2.24) is 5.32 Å². The van der Waals surface area contributed by atoms with Gasteiger partial charge in [0, 0.05) is 6.42 Å². The molecule has 0 radical (unpaired) electrons. The molecule has 37 heavy (non-hydrogen) atoms. The van der Waals surface area contributed by atoms with Gasteiger partial charge in [-0.25, -0.2) is 0 Å². The van der Waals surface area contributed by atoms with Crippen LogP contribution >= 0.6 is 0 Å². The van der Waals surface area contributed by atoms with Gasteiger partial charge in [-0.05, 0) is 40.5 Å². The number of hydrogen-bond donors (Lipinski definition) is 1. The lowest BCUT2D eigenvalue weighted by atomic mass is 9.75. The first kappa shape index (κ1) is 26.3. The van der Waals surface area contributed by atoms with Gasteiger partial charge in [-0.15, -0.1) is 6.58 Å². The zero-order valence-corrected chi connectivity index (χ0v) is 21.9. The number of nitrogens with one attached hydrogen (secondary N) is 1. The predicted molar refractivity (Wildman–Crippen MR) is 154 cm³/mol. The van der Waals surface area contributed by atoms with Gasteiger partial charge in [-0.2, -0.15) is 0 Å². The Morgan fingerprint density at radius 1 is 0.730 bits per heavy atom. The minimum atomic E-state index is -0.683. The normalized spacial score (nSPS) is 13.2. The van der Waals surface area contributed by atoms with Gasteiger partial charge in [0.2, 0.25) is 0 Å². The summed E-state index contributed by atoms with van der Waals surface area (Å²) in [6.07, 6.45) is 3.19. The van der Waals surface area contributed by atoms with E-state index >= 15 is 0 Å².